The molecule has 0 saturated heterocycles. The summed E-state index contributed by atoms with van der Waals surface area (Å²) in [6.07, 6.45) is 0.369. The van der Waals surface area contributed by atoms with Gasteiger partial charge in [0.2, 0.25) is 5.91 Å². The fourth-order valence-corrected chi connectivity index (χ4v) is 2.40. The van der Waals surface area contributed by atoms with E-state index in [-0.39, 0.29) is 5.91 Å². The van der Waals surface area contributed by atoms with Gasteiger partial charge in [-0.2, -0.15) is 0 Å². The number of halogens is 1. The maximum Gasteiger partial charge on any atom is 0.228 e. The molecule has 102 valence electrons. The van der Waals surface area contributed by atoms with Crippen molar-refractivity contribution in [3.63, 3.8) is 0 Å². The summed E-state index contributed by atoms with van der Waals surface area (Å²) < 4.78 is 5.70. The highest BCUT2D eigenvalue weighted by atomic mass is 35.5. The number of nitrogens with two attached hydrogens (primary N) is 1. The van der Waals surface area contributed by atoms with Gasteiger partial charge in [0.1, 0.15) is 12.4 Å². The van der Waals surface area contributed by atoms with Gasteiger partial charge in [0.05, 0.1) is 12.1 Å². The number of benzene rings is 2. The van der Waals surface area contributed by atoms with E-state index in [1.54, 1.807) is 12.1 Å². The van der Waals surface area contributed by atoms with Crippen molar-refractivity contribution in [2.24, 2.45) is 0 Å². The van der Waals surface area contributed by atoms with Crippen LogP contribution in [-0.4, -0.2) is 5.91 Å². The van der Waals surface area contributed by atoms with E-state index < -0.39 is 0 Å². The second-order valence-electron chi connectivity index (χ2n) is 4.69. The van der Waals surface area contributed by atoms with Crippen molar-refractivity contribution >= 4 is 28.9 Å². The van der Waals surface area contributed by atoms with Gasteiger partial charge in [-0.25, -0.2) is 0 Å². The Bertz CT molecular complexity index is 686. The molecule has 3 rings (SSSR count). The second-order valence-corrected chi connectivity index (χ2v) is 5.13. The average molecular weight is 289 g/mol. The lowest BCUT2D eigenvalue weighted by Crippen LogP contribution is -2.03. The average Bonchev–Trinajstić information content (AvgIpc) is 2.75. The summed E-state index contributed by atoms with van der Waals surface area (Å²) in [5.41, 5.74) is 9.11. The van der Waals surface area contributed by atoms with Crippen molar-refractivity contribution in [3.8, 4) is 5.75 Å². The normalized spacial score (nSPS) is 12.9. The summed E-state index contributed by atoms with van der Waals surface area (Å²) in [6.45, 7) is 0.373. The quantitative estimate of drug-likeness (QED) is 0.853. The lowest BCUT2D eigenvalue weighted by Gasteiger charge is -2.11. The molecule has 0 radical (unpaired) electrons. The molecule has 1 aliphatic rings. The van der Waals surface area contributed by atoms with E-state index in [4.69, 9.17) is 22.1 Å². The molecule has 20 heavy (non-hydrogen) atoms. The van der Waals surface area contributed by atoms with Crippen LogP contribution in [0.4, 0.5) is 11.4 Å². The van der Waals surface area contributed by atoms with Gasteiger partial charge in [-0.15, -0.1) is 0 Å². The molecule has 3 N–H and O–H groups in total. The molecule has 5 heteroatoms. The smallest absolute Gasteiger partial charge is 0.228 e. The zero-order valence-electron chi connectivity index (χ0n) is 10.7. The number of carbonyl (C=O) groups is 1. The van der Waals surface area contributed by atoms with Gasteiger partial charge in [-0.1, -0.05) is 23.7 Å². The lowest BCUT2D eigenvalue weighted by molar-refractivity contribution is -0.115. The Labute approximate surface area is 121 Å². The lowest BCUT2D eigenvalue weighted by atomic mass is 10.1. The van der Waals surface area contributed by atoms with Crippen LogP contribution in [0.3, 0.4) is 0 Å². The third kappa shape index (κ3) is 2.56. The van der Waals surface area contributed by atoms with Crippen molar-refractivity contribution in [1.29, 1.82) is 0 Å². The van der Waals surface area contributed by atoms with E-state index in [1.165, 1.54) is 0 Å². The number of rotatable bonds is 3. The summed E-state index contributed by atoms with van der Waals surface area (Å²) in [5, 5.41) is 3.44. The maximum atomic E-state index is 11.3. The molecule has 0 fully saturated rings. The van der Waals surface area contributed by atoms with Gasteiger partial charge in [-0.05, 0) is 29.3 Å². The number of ether oxygens (including phenoxy) is 1. The summed E-state index contributed by atoms with van der Waals surface area (Å²) in [5.74, 6) is 0.539. The molecule has 0 atom stereocenters. The number of amides is 1. The monoisotopic (exact) mass is 288 g/mol. The Hall–Kier alpha value is -2.20. The van der Waals surface area contributed by atoms with Crippen LogP contribution in [-0.2, 0) is 17.8 Å². The van der Waals surface area contributed by atoms with Gasteiger partial charge in [0.15, 0.2) is 0 Å². The maximum absolute atomic E-state index is 11.3. The Kier molecular flexibility index (Phi) is 3.24. The third-order valence-corrected chi connectivity index (χ3v) is 3.38. The number of nitrogen functional groups attached to an aromatic ring is 1. The molecule has 0 spiro atoms. The molecule has 0 aliphatic carbocycles. The molecule has 1 heterocycles. The first-order chi connectivity index (χ1) is 9.61. The highest BCUT2D eigenvalue weighted by Crippen LogP contribution is 2.33. The first-order valence-electron chi connectivity index (χ1n) is 6.21. The molecule has 4 nitrogen and oxygen atoms in total. The Morgan fingerprint density at radius 2 is 2.15 bits per heavy atom. The van der Waals surface area contributed by atoms with Gasteiger partial charge >= 0.3 is 0 Å². The van der Waals surface area contributed by atoms with Crippen molar-refractivity contribution in [3.05, 3.63) is 52.5 Å². The zero-order valence-corrected chi connectivity index (χ0v) is 11.4. The Balaban J connectivity index is 1.78. The molecule has 0 unspecified atom stereocenters. The van der Waals surface area contributed by atoms with E-state index in [0.29, 0.717) is 29.5 Å². The fraction of sp³-hybridized carbons (Fsp3) is 0.133. The number of fused-ring (bicyclic) bond motifs is 1. The number of carbonyl (C=O) groups excluding carboxylic acids is 1. The first-order valence-corrected chi connectivity index (χ1v) is 6.59. The van der Waals surface area contributed by atoms with Crippen LogP contribution in [0.15, 0.2) is 36.4 Å². The highest BCUT2D eigenvalue weighted by Gasteiger charge is 2.19. The van der Waals surface area contributed by atoms with Gasteiger partial charge in [0, 0.05) is 16.8 Å². The molecule has 1 amide bonds. The molecule has 0 bridgehead atoms. The number of hydrogen-bond acceptors (Lipinski definition) is 3. The van der Waals surface area contributed by atoms with Crippen molar-refractivity contribution in [1.82, 2.24) is 0 Å². The molecule has 2 aromatic rings. The summed E-state index contributed by atoms with van der Waals surface area (Å²) in [6, 6.07) is 11.0. The Morgan fingerprint density at radius 1 is 1.30 bits per heavy atom. The van der Waals surface area contributed by atoms with Crippen molar-refractivity contribution < 1.29 is 9.53 Å². The predicted molar refractivity (Wildman–Crippen MR) is 79.0 cm³/mol. The number of hydrogen-bond donors (Lipinski definition) is 2. The predicted octanol–water partition coefficient (Wildman–Crippen LogP) is 3.00. The van der Waals surface area contributed by atoms with Gasteiger partial charge < -0.3 is 15.8 Å². The summed E-state index contributed by atoms with van der Waals surface area (Å²) in [4.78, 5) is 11.3. The Morgan fingerprint density at radius 3 is 2.95 bits per heavy atom. The van der Waals surface area contributed by atoms with E-state index in [2.05, 4.69) is 5.32 Å². The van der Waals surface area contributed by atoms with Gasteiger partial charge in [0.25, 0.3) is 0 Å². The van der Waals surface area contributed by atoms with Crippen molar-refractivity contribution in [2.75, 3.05) is 11.1 Å². The van der Waals surface area contributed by atoms with Crippen LogP contribution in [0, 0.1) is 0 Å². The fourth-order valence-electron chi connectivity index (χ4n) is 2.19. The first kappa shape index (κ1) is 12.8. The van der Waals surface area contributed by atoms with Gasteiger partial charge in [-0.3, -0.25) is 4.79 Å². The number of anilines is 2. The van der Waals surface area contributed by atoms with Crippen LogP contribution in [0.25, 0.3) is 0 Å². The topological polar surface area (TPSA) is 64.3 Å². The van der Waals surface area contributed by atoms with Crippen LogP contribution in [0.1, 0.15) is 11.1 Å². The van der Waals surface area contributed by atoms with Crippen LogP contribution in [0.2, 0.25) is 5.02 Å². The van der Waals surface area contributed by atoms with Crippen LogP contribution in [0.5, 0.6) is 5.75 Å². The van der Waals surface area contributed by atoms with E-state index >= 15 is 0 Å². The highest BCUT2D eigenvalue weighted by molar-refractivity contribution is 6.30. The standard InChI is InChI=1S/C15H13ClN2O2/c16-11-3-1-2-9(4-11)8-20-14-7-13-10(5-12(14)17)6-15(19)18-13/h1-5,7H,6,8,17H2,(H,18,19). The molecular weight excluding hydrogens is 276 g/mol. The molecule has 0 aromatic heterocycles. The van der Waals surface area contributed by atoms with Crippen molar-refractivity contribution in [2.45, 2.75) is 13.0 Å². The summed E-state index contributed by atoms with van der Waals surface area (Å²) in [7, 11) is 0. The van der Waals surface area contributed by atoms with Crippen LogP contribution >= 0.6 is 11.6 Å². The molecule has 0 saturated carbocycles. The minimum atomic E-state index is -0.0219. The van der Waals surface area contributed by atoms with E-state index in [0.717, 1.165) is 16.8 Å². The number of nitrogens with one attached hydrogen (secondary N) is 1. The third-order valence-electron chi connectivity index (χ3n) is 3.14. The van der Waals surface area contributed by atoms with E-state index in [1.807, 2.05) is 24.3 Å². The summed E-state index contributed by atoms with van der Waals surface area (Å²) >= 11 is 5.92. The SMILES string of the molecule is Nc1cc2c(cc1OCc1cccc(Cl)c1)NC(=O)C2. The van der Waals surface area contributed by atoms with E-state index in [9.17, 15) is 4.79 Å². The minimum Gasteiger partial charge on any atom is -0.487 e. The van der Waals surface area contributed by atoms with Crippen LogP contribution < -0.4 is 15.8 Å². The second kappa shape index (κ2) is 5.06. The minimum absolute atomic E-state index is 0.0219. The molecular formula is C15H13ClN2O2. The molecule has 1 aliphatic heterocycles. The largest absolute Gasteiger partial charge is 0.487 e. The molecule has 2 aromatic carbocycles. The zero-order chi connectivity index (χ0) is 14.1.